The molecule has 0 unspecified atom stereocenters. The van der Waals surface area contributed by atoms with Gasteiger partial charge in [-0.2, -0.15) is 0 Å². The second kappa shape index (κ2) is 10.0. The lowest BCUT2D eigenvalue weighted by Crippen LogP contribution is -2.32. The summed E-state index contributed by atoms with van der Waals surface area (Å²) in [7, 11) is -1.13. The minimum atomic E-state index is -3.98. The first-order valence-electron chi connectivity index (χ1n) is 10.0. The summed E-state index contributed by atoms with van der Waals surface area (Å²) in [5, 5.41) is 9.79. The number of methoxy groups -OCH3 is 2. The van der Waals surface area contributed by atoms with Gasteiger partial charge < -0.3 is 14.8 Å². The summed E-state index contributed by atoms with van der Waals surface area (Å²) in [4.78, 5) is 26.7. The molecule has 2 heterocycles. The Morgan fingerprint density at radius 2 is 1.61 bits per heavy atom. The summed E-state index contributed by atoms with van der Waals surface area (Å²) in [5.74, 6) is -0.837. The van der Waals surface area contributed by atoms with Gasteiger partial charge in [0.05, 0.1) is 24.8 Å². The van der Waals surface area contributed by atoms with Crippen LogP contribution in [0.2, 0.25) is 5.15 Å². The van der Waals surface area contributed by atoms with Gasteiger partial charge in [0.2, 0.25) is 0 Å². The molecule has 1 aliphatic rings. The molecule has 3 aromatic rings. The molecule has 14 heteroatoms. The van der Waals surface area contributed by atoms with Gasteiger partial charge in [0.1, 0.15) is 22.2 Å². The number of aromatic nitrogens is 2. The van der Waals surface area contributed by atoms with Gasteiger partial charge in [-0.3, -0.25) is 14.3 Å². The van der Waals surface area contributed by atoms with Gasteiger partial charge >= 0.3 is 0 Å². The number of sulfonamides is 1. The number of nitrogens with one attached hydrogen (secondary N) is 2. The third-order valence-corrected chi connectivity index (χ3v) is 6.88. The van der Waals surface area contributed by atoms with Gasteiger partial charge in [0.15, 0.2) is 11.0 Å². The van der Waals surface area contributed by atoms with E-state index < -0.39 is 21.8 Å². The Labute approximate surface area is 215 Å². The first kappa shape index (κ1) is 25.2. The first-order valence-corrected chi connectivity index (χ1v) is 12.3. The molecule has 0 aliphatic carbocycles. The number of benzene rings is 2. The molecule has 36 heavy (non-hydrogen) atoms. The molecular weight excluding hydrogens is 533 g/mol. The van der Waals surface area contributed by atoms with Gasteiger partial charge in [0.25, 0.3) is 21.8 Å². The maximum Gasteiger partial charge on any atom is 0.283 e. The fourth-order valence-corrected chi connectivity index (χ4v) is 4.54. The van der Waals surface area contributed by atoms with Crippen molar-refractivity contribution in [3.63, 3.8) is 0 Å². The zero-order valence-electron chi connectivity index (χ0n) is 18.7. The molecule has 2 amide bonds. The van der Waals surface area contributed by atoms with Crippen molar-refractivity contribution in [3.8, 4) is 11.5 Å². The molecular formula is C22H17Cl2N5O6S. The van der Waals surface area contributed by atoms with Crippen LogP contribution in [0.25, 0.3) is 0 Å². The first-order chi connectivity index (χ1) is 17.1. The maximum atomic E-state index is 13.1. The number of nitrogens with zero attached hydrogens (tertiary/aromatic N) is 3. The van der Waals surface area contributed by atoms with Crippen LogP contribution in [-0.4, -0.2) is 44.6 Å². The van der Waals surface area contributed by atoms with Crippen molar-refractivity contribution < 1.29 is 27.5 Å². The highest BCUT2D eigenvalue weighted by Crippen LogP contribution is 2.38. The Hall–Kier alpha value is -3.87. The molecule has 0 saturated carbocycles. The van der Waals surface area contributed by atoms with E-state index in [1.54, 1.807) is 12.1 Å². The van der Waals surface area contributed by atoms with Crippen molar-refractivity contribution in [2.45, 2.75) is 4.90 Å². The van der Waals surface area contributed by atoms with Crippen molar-refractivity contribution >= 4 is 62.2 Å². The summed E-state index contributed by atoms with van der Waals surface area (Å²) in [5.41, 5.74) is 0.283. The van der Waals surface area contributed by atoms with Crippen LogP contribution in [0.1, 0.15) is 0 Å². The van der Waals surface area contributed by atoms with Gasteiger partial charge in [0, 0.05) is 11.8 Å². The minimum Gasteiger partial charge on any atom is -0.497 e. The van der Waals surface area contributed by atoms with Crippen LogP contribution in [0.3, 0.4) is 0 Å². The standard InChI is InChI=1S/C22H17Cl2N5O6S/c1-34-13-5-8-16(35-2)15(11-13)29-21(30)19(24)20(22(29)31)25-12-3-6-14(7-4-12)36(32,33)28-18-10-9-17(23)26-27-18/h3-11,25H,1-2H3,(H,27,28). The van der Waals surface area contributed by atoms with E-state index in [1.165, 1.54) is 56.7 Å². The minimum absolute atomic E-state index is 0.0123. The molecule has 0 bridgehead atoms. The summed E-state index contributed by atoms with van der Waals surface area (Å²) < 4.78 is 38.0. The maximum absolute atomic E-state index is 13.1. The smallest absolute Gasteiger partial charge is 0.283 e. The SMILES string of the molecule is COc1ccc(OC)c(N2C(=O)C(Cl)=C(Nc3ccc(S(=O)(=O)Nc4ccc(Cl)nn4)cc3)C2=O)c1. The number of anilines is 3. The Morgan fingerprint density at radius 1 is 0.889 bits per heavy atom. The van der Waals surface area contributed by atoms with Crippen molar-refractivity contribution in [2.75, 3.05) is 29.2 Å². The van der Waals surface area contributed by atoms with Crippen LogP contribution in [0.15, 0.2) is 70.2 Å². The number of rotatable bonds is 8. The lowest BCUT2D eigenvalue weighted by molar-refractivity contribution is -0.120. The number of imide groups is 1. The average molecular weight is 550 g/mol. The fourth-order valence-electron chi connectivity index (χ4n) is 3.23. The number of hydrogen-bond acceptors (Lipinski definition) is 9. The number of halogens is 2. The van der Waals surface area contributed by atoms with Crippen LogP contribution >= 0.6 is 23.2 Å². The summed E-state index contributed by atoms with van der Waals surface area (Å²) in [6.45, 7) is 0. The Balaban J connectivity index is 1.55. The van der Waals surface area contributed by atoms with Crippen LogP contribution < -0.4 is 24.4 Å². The molecule has 0 radical (unpaired) electrons. The zero-order chi connectivity index (χ0) is 26.0. The van der Waals surface area contributed by atoms with Crippen LogP contribution in [0.4, 0.5) is 17.2 Å². The molecule has 186 valence electrons. The second-order valence-electron chi connectivity index (χ2n) is 7.17. The molecule has 4 rings (SSSR count). The van der Waals surface area contributed by atoms with E-state index in [1.807, 2.05) is 0 Å². The summed E-state index contributed by atoms with van der Waals surface area (Å²) in [6, 6.07) is 12.8. The van der Waals surface area contributed by atoms with E-state index in [0.717, 1.165) is 4.90 Å². The third-order valence-electron chi connectivity index (χ3n) is 4.96. The molecule has 0 fully saturated rings. The Morgan fingerprint density at radius 3 is 2.22 bits per heavy atom. The Bertz CT molecular complexity index is 1480. The summed E-state index contributed by atoms with van der Waals surface area (Å²) >= 11 is 11.9. The number of ether oxygens (including phenoxy) is 2. The van der Waals surface area contributed by atoms with E-state index in [9.17, 15) is 18.0 Å². The van der Waals surface area contributed by atoms with Crippen molar-refractivity contribution in [1.82, 2.24) is 10.2 Å². The molecule has 1 aromatic heterocycles. The molecule has 0 spiro atoms. The predicted molar refractivity (Wildman–Crippen MR) is 133 cm³/mol. The highest BCUT2D eigenvalue weighted by Gasteiger charge is 2.40. The van der Waals surface area contributed by atoms with Crippen molar-refractivity contribution in [2.24, 2.45) is 0 Å². The lowest BCUT2D eigenvalue weighted by Gasteiger charge is -2.19. The number of carbonyl (C=O) groups excluding carboxylic acids is 2. The number of carbonyl (C=O) groups is 2. The molecule has 0 saturated heterocycles. The fraction of sp³-hybridized carbons (Fsp3) is 0.0909. The quantitative estimate of drug-likeness (QED) is 0.404. The van der Waals surface area contributed by atoms with E-state index in [4.69, 9.17) is 32.7 Å². The third kappa shape index (κ3) is 4.91. The molecule has 0 atom stereocenters. The summed E-state index contributed by atoms with van der Waals surface area (Å²) in [6.07, 6.45) is 0. The molecule has 2 aromatic carbocycles. The van der Waals surface area contributed by atoms with Gasteiger partial charge in [-0.1, -0.05) is 23.2 Å². The second-order valence-corrected chi connectivity index (χ2v) is 9.62. The normalized spacial score (nSPS) is 13.7. The van der Waals surface area contributed by atoms with Crippen molar-refractivity contribution in [1.29, 1.82) is 0 Å². The monoisotopic (exact) mass is 549 g/mol. The highest BCUT2D eigenvalue weighted by atomic mass is 35.5. The van der Waals surface area contributed by atoms with Gasteiger partial charge in [-0.05, 0) is 48.5 Å². The van der Waals surface area contributed by atoms with E-state index in [-0.39, 0.29) is 38.0 Å². The zero-order valence-corrected chi connectivity index (χ0v) is 21.0. The van der Waals surface area contributed by atoms with Crippen LogP contribution in [-0.2, 0) is 19.6 Å². The average Bonchev–Trinajstić information content (AvgIpc) is 3.08. The number of amides is 2. The van der Waals surface area contributed by atoms with E-state index in [0.29, 0.717) is 11.4 Å². The van der Waals surface area contributed by atoms with Crippen molar-refractivity contribution in [3.05, 3.63) is 70.5 Å². The van der Waals surface area contributed by atoms with Gasteiger partial charge in [-0.25, -0.2) is 13.3 Å². The molecule has 2 N–H and O–H groups in total. The molecule has 1 aliphatic heterocycles. The van der Waals surface area contributed by atoms with E-state index in [2.05, 4.69) is 20.2 Å². The molecule has 11 nitrogen and oxygen atoms in total. The predicted octanol–water partition coefficient (Wildman–Crippen LogP) is 3.38. The highest BCUT2D eigenvalue weighted by molar-refractivity contribution is 7.92. The number of hydrogen-bond donors (Lipinski definition) is 2. The largest absolute Gasteiger partial charge is 0.497 e. The lowest BCUT2D eigenvalue weighted by atomic mass is 10.2. The topological polar surface area (TPSA) is 140 Å². The van der Waals surface area contributed by atoms with E-state index >= 15 is 0 Å². The van der Waals surface area contributed by atoms with Crippen LogP contribution in [0.5, 0.6) is 11.5 Å². The van der Waals surface area contributed by atoms with Crippen LogP contribution in [0, 0.1) is 0 Å². The Kier molecular flexibility index (Phi) is 7.02. The van der Waals surface area contributed by atoms with Gasteiger partial charge in [-0.15, -0.1) is 10.2 Å².